The smallest absolute Gasteiger partial charge is 0.410 e. The molecule has 0 radical (unpaired) electrons. The highest BCUT2D eigenvalue weighted by Crippen LogP contribution is 2.14. The number of carbonyl (C=O) groups excluding carboxylic acids is 2. The van der Waals surface area contributed by atoms with E-state index in [-0.39, 0.29) is 19.6 Å². The van der Waals surface area contributed by atoms with Gasteiger partial charge in [0, 0.05) is 6.54 Å². The Bertz CT molecular complexity index is 658. The molecule has 2 rings (SSSR count). The number of benzene rings is 2. The SMILES string of the molecule is CCC(C(=O)[O-])N(Cc1ccccc1)C(=O)OCc1ccccc1. The van der Waals surface area contributed by atoms with Gasteiger partial charge in [0.05, 0.1) is 12.0 Å². The Morgan fingerprint density at radius 1 is 1.00 bits per heavy atom. The lowest BCUT2D eigenvalue weighted by molar-refractivity contribution is -0.311. The summed E-state index contributed by atoms with van der Waals surface area (Å²) in [5.41, 5.74) is 1.67. The first kappa shape index (κ1) is 17.5. The van der Waals surface area contributed by atoms with E-state index < -0.39 is 18.1 Å². The van der Waals surface area contributed by atoms with E-state index in [4.69, 9.17) is 4.74 Å². The molecule has 0 spiro atoms. The number of hydrogen-bond donors (Lipinski definition) is 0. The van der Waals surface area contributed by atoms with Gasteiger partial charge in [0.15, 0.2) is 0 Å². The predicted molar refractivity (Wildman–Crippen MR) is 87.7 cm³/mol. The Hall–Kier alpha value is -2.82. The summed E-state index contributed by atoms with van der Waals surface area (Å²) in [6.45, 7) is 1.94. The van der Waals surface area contributed by atoms with Crippen molar-refractivity contribution in [2.24, 2.45) is 0 Å². The zero-order chi connectivity index (χ0) is 17.4. The maximum absolute atomic E-state index is 12.4. The molecule has 0 heterocycles. The van der Waals surface area contributed by atoms with Crippen LogP contribution in [-0.4, -0.2) is 23.0 Å². The largest absolute Gasteiger partial charge is 0.548 e. The molecule has 2 aromatic carbocycles. The van der Waals surface area contributed by atoms with E-state index in [2.05, 4.69) is 0 Å². The summed E-state index contributed by atoms with van der Waals surface area (Å²) in [4.78, 5) is 25.0. The molecule has 0 aromatic heterocycles. The lowest BCUT2D eigenvalue weighted by Crippen LogP contribution is -2.50. The second kappa shape index (κ2) is 8.72. The van der Waals surface area contributed by atoms with Crippen molar-refractivity contribution < 1.29 is 19.4 Å². The molecule has 0 aliphatic heterocycles. The summed E-state index contributed by atoms with van der Waals surface area (Å²) in [6.07, 6.45) is -0.422. The van der Waals surface area contributed by atoms with Gasteiger partial charge in [0.25, 0.3) is 0 Å². The number of hydrogen-bond acceptors (Lipinski definition) is 4. The highest BCUT2D eigenvalue weighted by atomic mass is 16.6. The molecule has 0 bridgehead atoms. The predicted octanol–water partition coefficient (Wildman–Crippen LogP) is 2.35. The van der Waals surface area contributed by atoms with Crippen molar-refractivity contribution in [3.63, 3.8) is 0 Å². The maximum atomic E-state index is 12.4. The Kier molecular flexibility index (Phi) is 6.37. The summed E-state index contributed by atoms with van der Waals surface area (Å²) in [5, 5.41) is 11.4. The van der Waals surface area contributed by atoms with Crippen molar-refractivity contribution in [2.45, 2.75) is 32.5 Å². The van der Waals surface area contributed by atoms with Gasteiger partial charge in [-0.25, -0.2) is 4.79 Å². The molecule has 0 aliphatic rings. The third kappa shape index (κ3) is 4.84. The first-order chi connectivity index (χ1) is 11.6. The number of ether oxygens (including phenoxy) is 1. The molecular weight excluding hydrogens is 306 g/mol. The standard InChI is InChI=1S/C19H21NO4/c1-2-17(18(21)22)20(13-15-9-5-3-6-10-15)19(23)24-14-16-11-7-4-8-12-16/h3-12,17H,2,13-14H2,1H3,(H,21,22)/p-1. The van der Waals surface area contributed by atoms with Gasteiger partial charge in [-0.1, -0.05) is 67.6 Å². The third-order valence-corrected chi connectivity index (χ3v) is 3.67. The second-order valence-electron chi connectivity index (χ2n) is 5.40. The number of nitrogens with zero attached hydrogens (tertiary/aromatic N) is 1. The summed E-state index contributed by atoms with van der Waals surface area (Å²) in [6, 6.07) is 17.4. The Morgan fingerprint density at radius 3 is 2.04 bits per heavy atom. The molecule has 0 N–H and O–H groups in total. The number of amides is 1. The lowest BCUT2D eigenvalue weighted by Gasteiger charge is -2.31. The Balaban J connectivity index is 2.11. The molecule has 2 aromatic rings. The van der Waals surface area contributed by atoms with E-state index in [1.54, 1.807) is 6.92 Å². The highest BCUT2D eigenvalue weighted by Gasteiger charge is 2.25. The van der Waals surface area contributed by atoms with Crippen LogP contribution in [0.25, 0.3) is 0 Å². The van der Waals surface area contributed by atoms with Crippen LogP contribution in [0.5, 0.6) is 0 Å². The van der Waals surface area contributed by atoms with Crippen molar-refractivity contribution >= 4 is 12.1 Å². The molecule has 24 heavy (non-hydrogen) atoms. The molecule has 0 saturated carbocycles. The van der Waals surface area contributed by atoms with Crippen molar-refractivity contribution in [2.75, 3.05) is 0 Å². The fourth-order valence-corrected chi connectivity index (χ4v) is 2.40. The molecule has 0 aliphatic carbocycles. The number of carbonyl (C=O) groups is 2. The molecule has 1 amide bonds. The van der Waals surface area contributed by atoms with Crippen LogP contribution in [0.2, 0.25) is 0 Å². The maximum Gasteiger partial charge on any atom is 0.410 e. The third-order valence-electron chi connectivity index (χ3n) is 3.67. The fraction of sp³-hybridized carbons (Fsp3) is 0.263. The topological polar surface area (TPSA) is 69.7 Å². The Labute approximate surface area is 141 Å². The summed E-state index contributed by atoms with van der Waals surface area (Å²) in [5.74, 6) is -1.29. The molecule has 1 atom stereocenters. The first-order valence-electron chi connectivity index (χ1n) is 7.84. The minimum Gasteiger partial charge on any atom is -0.548 e. The summed E-state index contributed by atoms with van der Waals surface area (Å²) in [7, 11) is 0. The van der Waals surface area contributed by atoms with Crippen LogP contribution in [0, 0.1) is 0 Å². The minimum atomic E-state index is -1.29. The Morgan fingerprint density at radius 2 is 1.54 bits per heavy atom. The van der Waals surface area contributed by atoms with E-state index in [0.717, 1.165) is 11.1 Å². The number of aliphatic carboxylic acids is 1. The summed E-state index contributed by atoms with van der Waals surface area (Å²) >= 11 is 0. The van der Waals surface area contributed by atoms with E-state index in [9.17, 15) is 14.7 Å². The van der Waals surface area contributed by atoms with Crippen LogP contribution in [-0.2, 0) is 22.7 Å². The van der Waals surface area contributed by atoms with Gasteiger partial charge in [-0.05, 0) is 17.5 Å². The number of carboxylic acids is 1. The van der Waals surface area contributed by atoms with Crippen LogP contribution in [0.1, 0.15) is 24.5 Å². The van der Waals surface area contributed by atoms with Gasteiger partial charge in [-0.2, -0.15) is 0 Å². The highest BCUT2D eigenvalue weighted by molar-refractivity contribution is 5.78. The van der Waals surface area contributed by atoms with Crippen molar-refractivity contribution in [3.05, 3.63) is 71.8 Å². The van der Waals surface area contributed by atoms with Gasteiger partial charge in [-0.3, -0.25) is 4.90 Å². The van der Waals surface area contributed by atoms with Gasteiger partial charge in [0.1, 0.15) is 6.61 Å². The van der Waals surface area contributed by atoms with E-state index >= 15 is 0 Å². The number of rotatable bonds is 7. The average molecular weight is 326 g/mol. The second-order valence-corrected chi connectivity index (χ2v) is 5.40. The van der Waals surface area contributed by atoms with E-state index in [0.29, 0.717) is 0 Å². The van der Waals surface area contributed by atoms with Gasteiger partial charge >= 0.3 is 6.09 Å². The summed E-state index contributed by atoms with van der Waals surface area (Å²) < 4.78 is 5.29. The molecule has 0 saturated heterocycles. The van der Waals surface area contributed by atoms with Crippen LogP contribution in [0.4, 0.5) is 4.79 Å². The van der Waals surface area contributed by atoms with Gasteiger partial charge in [-0.15, -0.1) is 0 Å². The van der Waals surface area contributed by atoms with Crippen LogP contribution < -0.4 is 5.11 Å². The van der Waals surface area contributed by atoms with Crippen molar-refractivity contribution in [1.29, 1.82) is 0 Å². The fourth-order valence-electron chi connectivity index (χ4n) is 2.40. The van der Waals surface area contributed by atoms with Crippen molar-refractivity contribution in [1.82, 2.24) is 4.90 Å². The van der Waals surface area contributed by atoms with Crippen LogP contribution in [0.15, 0.2) is 60.7 Å². The number of carboxylic acid groups (broad SMARTS) is 1. The average Bonchev–Trinajstić information content (AvgIpc) is 2.61. The van der Waals surface area contributed by atoms with E-state index in [1.807, 2.05) is 60.7 Å². The monoisotopic (exact) mass is 326 g/mol. The molecule has 1 unspecified atom stereocenters. The van der Waals surface area contributed by atoms with Crippen molar-refractivity contribution in [3.8, 4) is 0 Å². The van der Waals surface area contributed by atoms with Gasteiger partial charge in [0.2, 0.25) is 0 Å². The zero-order valence-corrected chi connectivity index (χ0v) is 13.6. The van der Waals surface area contributed by atoms with Gasteiger partial charge < -0.3 is 14.6 Å². The van der Waals surface area contributed by atoms with Crippen LogP contribution in [0.3, 0.4) is 0 Å². The molecule has 5 heteroatoms. The lowest BCUT2D eigenvalue weighted by atomic mass is 10.1. The van der Waals surface area contributed by atoms with E-state index in [1.165, 1.54) is 4.90 Å². The quantitative estimate of drug-likeness (QED) is 0.783. The minimum absolute atomic E-state index is 0.0917. The molecule has 0 fully saturated rings. The normalized spacial score (nSPS) is 11.5. The molecule has 5 nitrogen and oxygen atoms in total. The zero-order valence-electron chi connectivity index (χ0n) is 13.6. The first-order valence-corrected chi connectivity index (χ1v) is 7.84. The van der Waals surface area contributed by atoms with Crippen LogP contribution >= 0.6 is 0 Å². The molecular formula is C19H20NO4-. The molecule has 126 valence electrons.